The maximum Gasteiger partial charge on any atom is 0.219 e. The van der Waals surface area contributed by atoms with E-state index in [2.05, 4.69) is 10.3 Å². The third-order valence-electron chi connectivity index (χ3n) is 3.29. The topological polar surface area (TPSA) is 60.5 Å². The van der Waals surface area contributed by atoms with Crippen LogP contribution in [0.3, 0.4) is 0 Å². The monoisotopic (exact) mass is 360 g/mol. The number of nitrogens with zero attached hydrogens (tertiary/aromatic N) is 1. The van der Waals surface area contributed by atoms with Gasteiger partial charge in [-0.15, -0.1) is 0 Å². The Morgan fingerprint density at radius 2 is 2.16 bits per heavy atom. The van der Waals surface area contributed by atoms with Crippen molar-refractivity contribution < 1.29 is 14.3 Å². The Morgan fingerprint density at radius 3 is 2.76 bits per heavy atom. The molecular weight excluding hydrogens is 340 g/mol. The third-order valence-corrected chi connectivity index (χ3v) is 3.58. The van der Waals surface area contributed by atoms with Crippen LogP contribution in [0.1, 0.15) is 25.0 Å². The van der Waals surface area contributed by atoms with Gasteiger partial charge in [-0.2, -0.15) is 0 Å². The maximum absolute atomic E-state index is 11.0. The van der Waals surface area contributed by atoms with E-state index < -0.39 is 0 Å². The lowest BCUT2D eigenvalue weighted by Gasteiger charge is -2.09. The molecule has 132 valence electrons. The first kappa shape index (κ1) is 19.0. The Hall–Kier alpha value is -2.37. The normalized spacial score (nSPS) is 12.2. The molecule has 0 aliphatic carbocycles. The van der Waals surface area contributed by atoms with Gasteiger partial charge >= 0.3 is 0 Å². The Labute approximate surface area is 152 Å². The minimum atomic E-state index is -0.0626. The van der Waals surface area contributed by atoms with E-state index in [4.69, 9.17) is 21.1 Å². The number of benzene rings is 1. The highest BCUT2D eigenvalue weighted by atomic mass is 35.5. The van der Waals surface area contributed by atoms with E-state index in [9.17, 15) is 4.79 Å². The highest BCUT2D eigenvalue weighted by Gasteiger charge is 2.06. The number of hydrogen-bond donors (Lipinski definition) is 1. The fourth-order valence-corrected chi connectivity index (χ4v) is 2.41. The van der Waals surface area contributed by atoms with Crippen LogP contribution >= 0.6 is 11.6 Å². The van der Waals surface area contributed by atoms with Crippen molar-refractivity contribution in [3.63, 3.8) is 0 Å². The van der Waals surface area contributed by atoms with Crippen LogP contribution in [0, 0.1) is 0 Å². The largest absolute Gasteiger partial charge is 0.437 e. The molecule has 25 heavy (non-hydrogen) atoms. The van der Waals surface area contributed by atoms with E-state index in [1.54, 1.807) is 31.5 Å². The molecule has 0 radical (unpaired) electrons. The van der Waals surface area contributed by atoms with E-state index in [-0.39, 0.29) is 11.9 Å². The SMILES string of the molecule is COCc1ccc(Oc2ccc(C=C[C@H](C)NC(C)=O)cn2)c(Cl)c1. The van der Waals surface area contributed by atoms with Gasteiger partial charge in [-0.05, 0) is 36.2 Å². The van der Waals surface area contributed by atoms with E-state index in [0.717, 1.165) is 11.1 Å². The van der Waals surface area contributed by atoms with Crippen molar-refractivity contribution >= 4 is 23.6 Å². The van der Waals surface area contributed by atoms with Crippen molar-refractivity contribution in [3.8, 4) is 11.6 Å². The molecule has 2 rings (SSSR count). The minimum absolute atomic E-state index is 0.0437. The summed E-state index contributed by atoms with van der Waals surface area (Å²) in [7, 11) is 1.63. The van der Waals surface area contributed by atoms with Crippen molar-refractivity contribution in [3.05, 3.63) is 58.8 Å². The van der Waals surface area contributed by atoms with Gasteiger partial charge in [0, 0.05) is 32.3 Å². The lowest BCUT2D eigenvalue weighted by molar-refractivity contribution is -0.119. The second-order valence-corrected chi connectivity index (χ2v) is 5.99. The zero-order chi connectivity index (χ0) is 18.2. The van der Waals surface area contributed by atoms with Gasteiger partial charge < -0.3 is 14.8 Å². The Morgan fingerprint density at radius 1 is 1.36 bits per heavy atom. The molecule has 0 fully saturated rings. The van der Waals surface area contributed by atoms with Crippen LogP contribution in [0.25, 0.3) is 6.08 Å². The molecule has 1 atom stereocenters. The molecule has 2 aromatic rings. The molecule has 5 nitrogen and oxygen atoms in total. The number of carbonyl (C=O) groups excluding carboxylic acids is 1. The van der Waals surface area contributed by atoms with Gasteiger partial charge in [-0.25, -0.2) is 4.98 Å². The number of carbonyl (C=O) groups is 1. The van der Waals surface area contributed by atoms with E-state index in [1.165, 1.54) is 6.92 Å². The Kier molecular flexibility index (Phi) is 6.98. The number of hydrogen-bond acceptors (Lipinski definition) is 4. The van der Waals surface area contributed by atoms with Gasteiger partial charge in [-0.1, -0.05) is 29.8 Å². The smallest absolute Gasteiger partial charge is 0.219 e. The molecular formula is C19H21ClN2O3. The zero-order valence-electron chi connectivity index (χ0n) is 14.5. The van der Waals surface area contributed by atoms with Gasteiger partial charge in [0.2, 0.25) is 11.8 Å². The summed E-state index contributed by atoms with van der Waals surface area (Å²) < 4.78 is 10.8. The van der Waals surface area contributed by atoms with Crippen molar-refractivity contribution in [1.82, 2.24) is 10.3 Å². The number of aromatic nitrogens is 1. The summed E-state index contributed by atoms with van der Waals surface area (Å²) in [6, 6.07) is 9.10. The van der Waals surface area contributed by atoms with Crippen LogP contribution in [-0.2, 0) is 16.1 Å². The Balaban J connectivity index is 2.00. The number of methoxy groups -OCH3 is 1. The average molecular weight is 361 g/mol. The van der Waals surface area contributed by atoms with E-state index >= 15 is 0 Å². The molecule has 0 spiro atoms. The fraction of sp³-hybridized carbons (Fsp3) is 0.263. The summed E-state index contributed by atoms with van der Waals surface area (Å²) in [5.74, 6) is 0.928. The van der Waals surface area contributed by atoms with E-state index in [0.29, 0.717) is 23.3 Å². The van der Waals surface area contributed by atoms with Crippen LogP contribution in [0.4, 0.5) is 0 Å². The second kappa shape index (κ2) is 9.20. The summed E-state index contributed by atoms with van der Waals surface area (Å²) in [5.41, 5.74) is 1.88. The first-order valence-corrected chi connectivity index (χ1v) is 8.22. The van der Waals surface area contributed by atoms with Gasteiger partial charge in [0.05, 0.1) is 11.6 Å². The molecule has 1 N–H and O–H groups in total. The van der Waals surface area contributed by atoms with Crippen LogP contribution in [-0.4, -0.2) is 24.0 Å². The molecule has 0 unspecified atom stereocenters. The predicted molar refractivity (Wildman–Crippen MR) is 98.8 cm³/mol. The third kappa shape index (κ3) is 6.21. The predicted octanol–water partition coefficient (Wildman–Crippen LogP) is 4.21. The Bertz CT molecular complexity index is 745. The molecule has 0 aliphatic heterocycles. The summed E-state index contributed by atoms with van der Waals surface area (Å²) in [6.07, 6.45) is 5.48. The second-order valence-electron chi connectivity index (χ2n) is 5.58. The summed E-state index contributed by atoms with van der Waals surface area (Å²) in [6.45, 7) is 3.89. The van der Waals surface area contributed by atoms with Crippen molar-refractivity contribution in [2.45, 2.75) is 26.5 Å². The first-order valence-electron chi connectivity index (χ1n) is 7.84. The molecule has 1 amide bonds. The molecule has 1 aromatic heterocycles. The quantitative estimate of drug-likeness (QED) is 0.803. The summed E-state index contributed by atoms with van der Waals surface area (Å²) >= 11 is 6.22. The number of nitrogens with one attached hydrogen (secondary N) is 1. The van der Waals surface area contributed by atoms with Crippen LogP contribution in [0.5, 0.6) is 11.6 Å². The first-order chi connectivity index (χ1) is 12.0. The zero-order valence-corrected chi connectivity index (χ0v) is 15.2. The van der Waals surface area contributed by atoms with E-state index in [1.807, 2.05) is 31.2 Å². The number of rotatable bonds is 7. The minimum Gasteiger partial charge on any atom is -0.437 e. The van der Waals surface area contributed by atoms with Gasteiger partial charge in [0.25, 0.3) is 0 Å². The molecule has 6 heteroatoms. The van der Waals surface area contributed by atoms with Crippen LogP contribution in [0.2, 0.25) is 5.02 Å². The maximum atomic E-state index is 11.0. The van der Waals surface area contributed by atoms with Crippen LogP contribution < -0.4 is 10.1 Å². The molecule has 0 aliphatic rings. The number of amides is 1. The summed E-state index contributed by atoms with van der Waals surface area (Å²) in [5, 5.41) is 3.29. The average Bonchev–Trinajstić information content (AvgIpc) is 2.56. The van der Waals surface area contributed by atoms with Gasteiger partial charge in [0.1, 0.15) is 5.75 Å². The van der Waals surface area contributed by atoms with Crippen molar-refractivity contribution in [2.24, 2.45) is 0 Å². The molecule has 0 saturated carbocycles. The number of halogens is 1. The standard InChI is InChI=1S/C19H21ClN2O3/c1-13(22-14(2)23)4-5-15-7-9-19(21-11-15)25-18-8-6-16(12-24-3)10-17(18)20/h4-11,13H,12H2,1-3H3,(H,22,23)/t13-/m0/s1. The molecule has 1 aromatic carbocycles. The number of ether oxygens (including phenoxy) is 2. The highest BCUT2D eigenvalue weighted by Crippen LogP contribution is 2.29. The van der Waals surface area contributed by atoms with Crippen molar-refractivity contribution in [2.75, 3.05) is 7.11 Å². The molecule has 1 heterocycles. The fourth-order valence-electron chi connectivity index (χ4n) is 2.17. The highest BCUT2D eigenvalue weighted by molar-refractivity contribution is 6.32. The van der Waals surface area contributed by atoms with Gasteiger partial charge in [-0.3, -0.25) is 4.79 Å². The van der Waals surface area contributed by atoms with Gasteiger partial charge in [0.15, 0.2) is 0 Å². The lowest BCUT2D eigenvalue weighted by atomic mass is 10.2. The molecule has 0 saturated heterocycles. The lowest BCUT2D eigenvalue weighted by Crippen LogP contribution is -2.28. The molecule has 0 bridgehead atoms. The van der Waals surface area contributed by atoms with Crippen molar-refractivity contribution in [1.29, 1.82) is 0 Å². The van der Waals surface area contributed by atoms with Crippen LogP contribution in [0.15, 0.2) is 42.6 Å². The summed E-state index contributed by atoms with van der Waals surface area (Å²) in [4.78, 5) is 15.2. The number of pyridine rings is 1.